The molecule has 10 amide bonds. The highest BCUT2D eigenvalue weighted by Crippen LogP contribution is 2.57. The molecular formula is C71H90N12O18S. The maximum absolute atomic E-state index is 14.9. The number of aromatic hydroxyl groups is 2. The molecule has 0 bridgehead atoms. The Labute approximate surface area is 595 Å². The molecule has 0 saturated carbocycles. The molecule has 7 aliphatic heterocycles. The average Bonchev–Trinajstić information content (AvgIpc) is 1.47. The van der Waals surface area contributed by atoms with Gasteiger partial charge >= 0.3 is 11.9 Å². The van der Waals surface area contributed by atoms with Crippen LogP contribution in [0.1, 0.15) is 156 Å². The fourth-order valence-electron chi connectivity index (χ4n) is 14.8. The number of carboxylic acid groups (broad SMARTS) is 1. The number of aliphatic hydroxyl groups is 1. The number of primary amides is 1. The maximum Gasteiger partial charge on any atom is 0.340 e. The van der Waals surface area contributed by atoms with Gasteiger partial charge in [-0.1, -0.05) is 25.0 Å². The lowest BCUT2D eigenvalue weighted by atomic mass is 9.77. The van der Waals surface area contributed by atoms with Gasteiger partial charge in [0, 0.05) is 93.2 Å². The van der Waals surface area contributed by atoms with Crippen LogP contribution in [0, 0.1) is 0 Å². The Hall–Kier alpha value is -9.91. The smallest absolute Gasteiger partial charge is 0.340 e. The van der Waals surface area contributed by atoms with Gasteiger partial charge in [-0.2, -0.15) is 0 Å². The Kier molecular flexibility index (Phi) is 24.4. The normalized spacial score (nSPS) is 23.7. The summed E-state index contributed by atoms with van der Waals surface area (Å²) in [4.78, 5) is 174. The number of phenolic OH excluding ortho intramolecular Hbond substituents is 2. The van der Waals surface area contributed by atoms with E-state index in [4.69, 9.17) is 27.4 Å². The lowest BCUT2D eigenvalue weighted by molar-refractivity contribution is -0.150. The predicted octanol–water partition coefficient (Wildman–Crippen LogP) is 2.47. The van der Waals surface area contributed by atoms with E-state index in [1.54, 1.807) is 41.3 Å². The van der Waals surface area contributed by atoms with E-state index >= 15 is 0 Å². The van der Waals surface area contributed by atoms with Crippen molar-refractivity contribution < 1.29 is 87.4 Å². The van der Waals surface area contributed by atoms with Crippen molar-refractivity contribution in [3.8, 4) is 23.0 Å². The number of aliphatic hydroxyl groups excluding tert-OH is 1. The maximum atomic E-state index is 14.9. The van der Waals surface area contributed by atoms with Crippen molar-refractivity contribution in [3.63, 3.8) is 0 Å². The van der Waals surface area contributed by atoms with E-state index in [-0.39, 0.29) is 98.8 Å². The third-order valence-corrected chi connectivity index (χ3v) is 20.2. The van der Waals surface area contributed by atoms with Crippen LogP contribution in [0.4, 0.5) is 5.69 Å². The number of nitrogens with one attached hydrogen (secondary N) is 5. The Balaban J connectivity index is 0.793. The highest BCUT2D eigenvalue weighted by molar-refractivity contribution is 7.80. The van der Waals surface area contributed by atoms with E-state index in [0.29, 0.717) is 118 Å². The van der Waals surface area contributed by atoms with Crippen molar-refractivity contribution >= 4 is 94.0 Å². The minimum Gasteiger partial charge on any atom is -0.508 e. The summed E-state index contributed by atoms with van der Waals surface area (Å²) < 4.78 is 12.3. The van der Waals surface area contributed by atoms with Gasteiger partial charge in [0.1, 0.15) is 65.3 Å². The molecule has 7 heterocycles. The van der Waals surface area contributed by atoms with E-state index in [0.717, 1.165) is 0 Å². The molecule has 8 atom stereocenters. The number of ether oxygens (including phenoxy) is 2. The van der Waals surface area contributed by atoms with Gasteiger partial charge in [0.05, 0.1) is 24.8 Å². The van der Waals surface area contributed by atoms with Crippen LogP contribution in [-0.2, 0) is 63.1 Å². The fraction of sp³-hybridized carbons (Fsp3) is 0.535. The number of esters is 1. The Morgan fingerprint density at radius 1 is 0.706 bits per heavy atom. The second-order valence-corrected chi connectivity index (χ2v) is 27.5. The summed E-state index contributed by atoms with van der Waals surface area (Å²) >= 11 is 5.69. The van der Waals surface area contributed by atoms with Gasteiger partial charge in [-0.25, -0.2) is 4.79 Å². The summed E-state index contributed by atoms with van der Waals surface area (Å²) in [5.41, 5.74) is 6.23. The third-order valence-electron chi connectivity index (χ3n) is 20.0. The number of anilines is 1. The Bertz CT molecular complexity index is 3740. The first-order valence-corrected chi connectivity index (χ1v) is 35.5. The van der Waals surface area contributed by atoms with Gasteiger partial charge in [0.2, 0.25) is 59.1 Å². The van der Waals surface area contributed by atoms with E-state index in [1.807, 2.05) is 6.08 Å². The molecule has 30 nitrogen and oxygen atoms in total. The van der Waals surface area contributed by atoms with E-state index in [2.05, 4.69) is 26.6 Å². The molecule has 0 aromatic heterocycles. The van der Waals surface area contributed by atoms with Crippen LogP contribution in [0.3, 0.4) is 0 Å². The van der Waals surface area contributed by atoms with Crippen molar-refractivity contribution in [2.24, 2.45) is 5.73 Å². The summed E-state index contributed by atoms with van der Waals surface area (Å²) in [5.74, 6) is -7.85. The van der Waals surface area contributed by atoms with Crippen LogP contribution < -0.4 is 37.1 Å². The molecule has 0 radical (unpaired) electrons. The fourth-order valence-corrected chi connectivity index (χ4v) is 15.0. The number of rotatable bonds is 15. The highest BCUT2D eigenvalue weighted by atomic mass is 32.1. The van der Waals surface area contributed by atoms with E-state index in [1.165, 1.54) is 62.6 Å². The number of carbonyl (C=O) groups is 12. The number of thiocarbonyl (C=S) groups is 1. The largest absolute Gasteiger partial charge is 0.508 e. The van der Waals surface area contributed by atoms with Crippen molar-refractivity contribution in [2.75, 3.05) is 64.2 Å². The van der Waals surface area contributed by atoms with Crippen LogP contribution in [-0.4, -0.2) is 233 Å². The highest BCUT2D eigenvalue weighted by Gasteiger charge is 2.54. The van der Waals surface area contributed by atoms with Gasteiger partial charge in [0.25, 0.3) is 0 Å². The molecule has 0 unspecified atom stereocenters. The minimum atomic E-state index is -1.60. The number of hydrogen-bond acceptors (Lipinski definition) is 18. The number of fused-ring (bicyclic) bond motifs is 9. The van der Waals surface area contributed by atoms with Gasteiger partial charge in [-0.15, -0.1) is 0 Å². The van der Waals surface area contributed by atoms with Crippen molar-refractivity contribution in [1.29, 1.82) is 0 Å². The van der Waals surface area contributed by atoms with Crippen LogP contribution in [0.2, 0.25) is 0 Å². The standard InChI is InChI=1S/C71H90N12O18S/c1-41-65(95)82-34-15-19-54(82)68(98)83-35-14-18-53(83)67(97)78(39-57(87)76-50(62(72)92)27-28-60(90)91)30-10-6-4-3-5-7-11-31-79(40-59(89)80-32-12-16-51(80)63(93)77-61(42(2)84)64(94)74-41)66(96)52-17-13-33-81(52)58(88)20-8-9-29-73-70(102)75-43-21-24-46-49(36-43)71(101-69(46)99)47-25-22-44(85)37-55(47)100-56-38-45(86)23-26-48(56)71/h6,10,21-26,36-38,41-42,50-54,61,84-86H,3-5,7-9,11-20,27-35,39-40H2,1-2H3,(H2,72,92)(H,74,94)(H,76,87)(H,77,93)(H,90,91)(H2,73,75,102)/b10-6+/t41-,42+,50-,51-,52-,53-,54-,61-/m0/s1. The zero-order valence-electron chi connectivity index (χ0n) is 57.2. The van der Waals surface area contributed by atoms with Crippen LogP contribution in [0.15, 0.2) is 66.7 Å². The molecule has 11 N–H and O–H groups in total. The summed E-state index contributed by atoms with van der Waals surface area (Å²) in [6, 6.07) is 5.77. The summed E-state index contributed by atoms with van der Waals surface area (Å²) in [6.45, 7) is 2.84. The number of carbonyl (C=O) groups excluding carboxylic acids is 11. The topological polar surface area (TPSA) is 410 Å². The molecule has 4 saturated heterocycles. The molecule has 3 aromatic rings. The first-order valence-electron chi connectivity index (χ1n) is 35.1. The van der Waals surface area contributed by atoms with Gasteiger partial charge < -0.3 is 91.6 Å². The minimum absolute atomic E-state index is 0.0796. The summed E-state index contributed by atoms with van der Waals surface area (Å²) in [5, 5.41) is 55.1. The number of hydrogen-bond donors (Lipinski definition) is 10. The Morgan fingerprint density at radius 2 is 1.35 bits per heavy atom. The van der Waals surface area contributed by atoms with Gasteiger partial charge in [-0.3, -0.25) is 52.7 Å². The number of phenols is 2. The van der Waals surface area contributed by atoms with Gasteiger partial charge in [-0.05, 0) is 158 Å². The number of unbranched alkanes of at least 4 members (excludes halogenated alkanes) is 1. The number of nitrogens with zero attached hydrogens (tertiary/aromatic N) is 6. The average molecular weight is 1430 g/mol. The number of benzene rings is 3. The number of carboxylic acids is 1. The zero-order valence-corrected chi connectivity index (χ0v) is 58.1. The molecule has 3 aromatic carbocycles. The SMILES string of the molecule is C[C@@H]1NC(=O)[C@H]([C@@H](C)O)NC(=O)[C@@H]2CCCN2C(=O)CN(C(=O)[C@@H]2CCCN2C(=O)CCCCNC(=S)Nc2ccc3c(c2)C2(OC3=O)c3ccc(O)cc3Oc3cc(O)ccc32)CCCCCC/C=C/CN(CC(=O)N[C@@H](CCC(=O)O)C(N)=O)C(=O)[C@@H]2CCCN2C(=O)[C@@H]2CCCN2C1=O. The monoisotopic (exact) mass is 1430 g/mol. The van der Waals surface area contributed by atoms with E-state index < -0.39 is 139 Å². The first kappa shape index (κ1) is 74.8. The molecule has 10 rings (SSSR count). The molecule has 0 aliphatic carbocycles. The van der Waals surface area contributed by atoms with Crippen molar-refractivity contribution in [2.45, 2.75) is 183 Å². The first-order chi connectivity index (χ1) is 48.8. The van der Waals surface area contributed by atoms with Crippen molar-refractivity contribution in [1.82, 2.24) is 50.7 Å². The molecule has 31 heteroatoms. The van der Waals surface area contributed by atoms with Crippen molar-refractivity contribution in [3.05, 3.63) is 89.0 Å². The van der Waals surface area contributed by atoms with Crippen LogP contribution in [0.5, 0.6) is 23.0 Å². The molecule has 4 fully saturated rings. The lowest BCUT2D eigenvalue weighted by Crippen LogP contribution is -2.60. The second-order valence-electron chi connectivity index (χ2n) is 27.1. The predicted molar refractivity (Wildman–Crippen MR) is 370 cm³/mol. The van der Waals surface area contributed by atoms with E-state index in [9.17, 15) is 78.0 Å². The zero-order chi connectivity index (χ0) is 73.1. The molecule has 548 valence electrons. The quantitative estimate of drug-likeness (QED) is 0.0452. The summed E-state index contributed by atoms with van der Waals surface area (Å²) in [7, 11) is 0. The number of aliphatic carboxylic acids is 1. The van der Waals surface area contributed by atoms with Crippen LogP contribution >= 0.6 is 12.2 Å². The molecule has 7 aliphatic rings. The third kappa shape index (κ3) is 17.0. The second kappa shape index (κ2) is 33.3. The Morgan fingerprint density at radius 3 is 2.03 bits per heavy atom. The molecule has 102 heavy (non-hydrogen) atoms. The summed E-state index contributed by atoms with van der Waals surface area (Å²) in [6.07, 6.45) is 8.03. The number of nitrogens with two attached hydrogens (primary N) is 1. The lowest BCUT2D eigenvalue weighted by Gasteiger charge is -2.36. The van der Waals surface area contributed by atoms with Crippen LogP contribution in [0.25, 0.3) is 0 Å². The molecular weight excluding hydrogens is 1340 g/mol. The number of likely N-dealkylation sites (tertiary alicyclic amines) is 1. The van der Waals surface area contributed by atoms with Gasteiger partial charge in [0.15, 0.2) is 10.7 Å². The number of allylic oxidation sites excluding steroid dienone is 1. The molecule has 1 spiro atoms. The number of amides is 10.